The predicted molar refractivity (Wildman–Crippen MR) is 84.2 cm³/mol. The molecule has 6 nitrogen and oxygen atoms in total. The first kappa shape index (κ1) is 17.1. The Morgan fingerprint density at radius 1 is 1.19 bits per heavy atom. The molecule has 2 N–H and O–H groups in total. The summed E-state index contributed by atoms with van der Waals surface area (Å²) in [5.74, 6) is 1.27. The van der Waals surface area contributed by atoms with E-state index in [-0.39, 0.29) is 12.5 Å². The van der Waals surface area contributed by atoms with Crippen LogP contribution in [0.5, 0.6) is 11.5 Å². The van der Waals surface area contributed by atoms with Gasteiger partial charge in [-0.3, -0.25) is 4.79 Å². The van der Waals surface area contributed by atoms with Crippen LogP contribution in [0.2, 0.25) is 0 Å². The summed E-state index contributed by atoms with van der Waals surface area (Å²) in [5, 5.41) is 5.94. The van der Waals surface area contributed by atoms with E-state index in [1.54, 1.807) is 26.4 Å². The number of nitrogens with one attached hydrogen (secondary N) is 2. The van der Waals surface area contributed by atoms with Gasteiger partial charge in [0.15, 0.2) is 11.5 Å². The Labute approximate surface area is 126 Å². The van der Waals surface area contributed by atoms with Crippen molar-refractivity contribution in [3.8, 4) is 11.5 Å². The molecule has 1 rings (SSSR count). The van der Waals surface area contributed by atoms with Crippen molar-refractivity contribution in [2.45, 2.75) is 6.42 Å². The number of ether oxygens (including phenoxy) is 2. The minimum atomic E-state index is -0.0245. The van der Waals surface area contributed by atoms with Crippen molar-refractivity contribution in [2.24, 2.45) is 0 Å². The van der Waals surface area contributed by atoms with E-state index in [1.807, 2.05) is 20.2 Å². The Kier molecular flexibility index (Phi) is 7.39. The van der Waals surface area contributed by atoms with Crippen molar-refractivity contribution in [3.05, 3.63) is 18.2 Å². The summed E-state index contributed by atoms with van der Waals surface area (Å²) >= 11 is 0. The van der Waals surface area contributed by atoms with Gasteiger partial charge in [0, 0.05) is 18.3 Å². The average Bonchev–Trinajstić information content (AvgIpc) is 2.48. The first-order valence-corrected chi connectivity index (χ1v) is 6.94. The molecule has 0 bridgehead atoms. The summed E-state index contributed by atoms with van der Waals surface area (Å²) in [6.07, 6.45) is 0.940. The van der Waals surface area contributed by atoms with Gasteiger partial charge in [0.1, 0.15) is 0 Å². The monoisotopic (exact) mass is 295 g/mol. The second-order valence-electron chi connectivity index (χ2n) is 4.93. The summed E-state index contributed by atoms with van der Waals surface area (Å²) in [4.78, 5) is 13.8. The number of benzene rings is 1. The lowest BCUT2D eigenvalue weighted by molar-refractivity contribution is -0.119. The van der Waals surface area contributed by atoms with Crippen LogP contribution in [-0.4, -0.2) is 58.8 Å². The highest BCUT2D eigenvalue weighted by Gasteiger charge is 2.05. The van der Waals surface area contributed by atoms with Gasteiger partial charge in [-0.1, -0.05) is 0 Å². The summed E-state index contributed by atoms with van der Waals surface area (Å²) in [7, 11) is 7.20. The van der Waals surface area contributed by atoms with E-state index in [9.17, 15) is 4.79 Å². The number of methoxy groups -OCH3 is 2. The molecule has 0 aromatic heterocycles. The smallest absolute Gasteiger partial charge is 0.239 e. The van der Waals surface area contributed by atoms with Gasteiger partial charge in [0.25, 0.3) is 0 Å². The maximum Gasteiger partial charge on any atom is 0.239 e. The Bertz CT molecular complexity index is 450. The second kappa shape index (κ2) is 9.07. The van der Waals surface area contributed by atoms with E-state index in [4.69, 9.17) is 9.47 Å². The topological polar surface area (TPSA) is 62.8 Å². The van der Waals surface area contributed by atoms with Gasteiger partial charge in [0.2, 0.25) is 5.91 Å². The number of nitrogens with zero attached hydrogens (tertiary/aromatic N) is 1. The van der Waals surface area contributed by atoms with Crippen molar-refractivity contribution in [1.82, 2.24) is 10.2 Å². The number of hydrogen-bond acceptors (Lipinski definition) is 5. The molecule has 118 valence electrons. The highest BCUT2D eigenvalue weighted by atomic mass is 16.5. The van der Waals surface area contributed by atoms with Crippen LogP contribution in [0.25, 0.3) is 0 Å². The van der Waals surface area contributed by atoms with Crippen molar-refractivity contribution >= 4 is 11.6 Å². The number of rotatable bonds is 9. The lowest BCUT2D eigenvalue weighted by Crippen LogP contribution is -2.31. The molecule has 6 heteroatoms. The second-order valence-corrected chi connectivity index (χ2v) is 4.93. The van der Waals surface area contributed by atoms with Gasteiger partial charge in [-0.25, -0.2) is 0 Å². The third-order valence-electron chi connectivity index (χ3n) is 2.94. The maximum absolute atomic E-state index is 11.7. The molecule has 0 spiro atoms. The van der Waals surface area contributed by atoms with Crippen LogP contribution >= 0.6 is 0 Å². The number of carbonyl (C=O) groups is 1. The van der Waals surface area contributed by atoms with Crippen LogP contribution in [0, 0.1) is 0 Å². The van der Waals surface area contributed by atoms with E-state index >= 15 is 0 Å². The quantitative estimate of drug-likeness (QED) is 0.670. The van der Waals surface area contributed by atoms with Crippen LogP contribution in [0.3, 0.4) is 0 Å². The van der Waals surface area contributed by atoms with Crippen molar-refractivity contribution in [1.29, 1.82) is 0 Å². The highest BCUT2D eigenvalue weighted by molar-refractivity contribution is 5.80. The molecule has 0 aliphatic heterocycles. The van der Waals surface area contributed by atoms with Crippen LogP contribution < -0.4 is 20.1 Å². The first-order chi connectivity index (χ1) is 10.1. The third kappa shape index (κ3) is 6.35. The summed E-state index contributed by atoms with van der Waals surface area (Å²) in [6, 6.07) is 5.45. The van der Waals surface area contributed by atoms with Gasteiger partial charge in [-0.2, -0.15) is 0 Å². The zero-order valence-electron chi connectivity index (χ0n) is 13.2. The Balaban J connectivity index is 2.36. The minimum absolute atomic E-state index is 0.0245. The molecule has 0 atom stereocenters. The fourth-order valence-electron chi connectivity index (χ4n) is 1.81. The normalized spacial score (nSPS) is 10.3. The summed E-state index contributed by atoms with van der Waals surface area (Å²) < 4.78 is 10.4. The summed E-state index contributed by atoms with van der Waals surface area (Å²) in [5.41, 5.74) is 0.816. The SMILES string of the molecule is COc1ccc(NCC(=O)NCCCN(C)C)cc1OC. The average molecular weight is 295 g/mol. The van der Waals surface area contributed by atoms with Crippen LogP contribution in [0.15, 0.2) is 18.2 Å². The lowest BCUT2D eigenvalue weighted by atomic mass is 10.2. The van der Waals surface area contributed by atoms with E-state index in [0.29, 0.717) is 18.0 Å². The molecule has 1 amide bonds. The zero-order valence-corrected chi connectivity index (χ0v) is 13.2. The molecule has 0 saturated heterocycles. The van der Waals surface area contributed by atoms with Crippen LogP contribution in [0.1, 0.15) is 6.42 Å². The third-order valence-corrected chi connectivity index (χ3v) is 2.94. The van der Waals surface area contributed by atoms with Gasteiger partial charge < -0.3 is 25.0 Å². The maximum atomic E-state index is 11.7. The number of carbonyl (C=O) groups excluding carboxylic acids is 1. The lowest BCUT2D eigenvalue weighted by Gasteiger charge is -2.12. The fraction of sp³-hybridized carbons (Fsp3) is 0.533. The Morgan fingerprint density at radius 3 is 2.52 bits per heavy atom. The molecule has 0 radical (unpaired) electrons. The van der Waals surface area contributed by atoms with Crippen LogP contribution in [-0.2, 0) is 4.79 Å². The molecule has 0 fully saturated rings. The van der Waals surface area contributed by atoms with Crippen molar-refractivity contribution in [2.75, 3.05) is 53.3 Å². The van der Waals surface area contributed by atoms with Crippen LogP contribution in [0.4, 0.5) is 5.69 Å². The molecule has 21 heavy (non-hydrogen) atoms. The van der Waals surface area contributed by atoms with E-state index in [1.165, 1.54) is 0 Å². The van der Waals surface area contributed by atoms with Gasteiger partial charge >= 0.3 is 0 Å². The molecule has 0 heterocycles. The first-order valence-electron chi connectivity index (χ1n) is 6.94. The molecule has 0 saturated carbocycles. The van der Waals surface area contributed by atoms with Crippen molar-refractivity contribution in [3.63, 3.8) is 0 Å². The number of anilines is 1. The Hall–Kier alpha value is -1.95. The van der Waals surface area contributed by atoms with E-state index < -0.39 is 0 Å². The fourth-order valence-corrected chi connectivity index (χ4v) is 1.81. The predicted octanol–water partition coefficient (Wildman–Crippen LogP) is 1.18. The highest BCUT2D eigenvalue weighted by Crippen LogP contribution is 2.29. The molecule has 1 aromatic carbocycles. The zero-order chi connectivity index (χ0) is 15.7. The molecular weight excluding hydrogens is 270 g/mol. The number of amides is 1. The van der Waals surface area contributed by atoms with Gasteiger partial charge in [0.05, 0.1) is 20.8 Å². The summed E-state index contributed by atoms with van der Waals surface area (Å²) in [6.45, 7) is 1.88. The van der Waals surface area contributed by atoms with E-state index in [2.05, 4.69) is 15.5 Å². The Morgan fingerprint density at radius 2 is 1.90 bits per heavy atom. The van der Waals surface area contributed by atoms with Gasteiger partial charge in [-0.05, 0) is 39.2 Å². The minimum Gasteiger partial charge on any atom is -0.493 e. The molecule has 0 aliphatic rings. The largest absolute Gasteiger partial charge is 0.493 e. The molecule has 1 aromatic rings. The van der Waals surface area contributed by atoms with Crippen molar-refractivity contribution < 1.29 is 14.3 Å². The molecule has 0 unspecified atom stereocenters. The van der Waals surface area contributed by atoms with Gasteiger partial charge in [-0.15, -0.1) is 0 Å². The molecule has 0 aliphatic carbocycles. The molecular formula is C15H25N3O3. The standard InChI is InChI=1S/C15H25N3O3/c1-18(2)9-5-8-16-15(19)11-17-12-6-7-13(20-3)14(10-12)21-4/h6-7,10,17H,5,8-9,11H2,1-4H3,(H,16,19). The van der Waals surface area contributed by atoms with E-state index in [0.717, 1.165) is 18.7 Å². The number of hydrogen-bond donors (Lipinski definition) is 2.